The van der Waals surface area contributed by atoms with Gasteiger partial charge >= 0.3 is 0 Å². The van der Waals surface area contributed by atoms with Gasteiger partial charge < -0.3 is 4.74 Å². The van der Waals surface area contributed by atoms with Crippen LogP contribution in [0.2, 0.25) is 0 Å². The maximum Gasteiger partial charge on any atom is 0.228 e. The highest BCUT2D eigenvalue weighted by Crippen LogP contribution is 2.26. The standard InChI is InChI=1S/C6H5BrN4O/c1-12-6-3-4(7)10-11-5(3)8-2-9-6/h2H,1H3,(H,8,9,10,11). The number of hydrogen-bond acceptors (Lipinski definition) is 4. The zero-order chi connectivity index (χ0) is 8.55. The summed E-state index contributed by atoms with van der Waals surface area (Å²) in [7, 11) is 1.56. The molecule has 1 N–H and O–H groups in total. The molecule has 0 spiro atoms. The third kappa shape index (κ3) is 0.953. The Labute approximate surface area is 76.3 Å². The monoisotopic (exact) mass is 228 g/mol. The highest BCUT2D eigenvalue weighted by Gasteiger charge is 2.09. The molecule has 0 fully saturated rings. The Morgan fingerprint density at radius 2 is 2.33 bits per heavy atom. The minimum absolute atomic E-state index is 0.514. The lowest BCUT2D eigenvalue weighted by molar-refractivity contribution is 0.402. The van der Waals surface area contributed by atoms with Crippen LogP contribution in [0.25, 0.3) is 11.0 Å². The van der Waals surface area contributed by atoms with Crippen LogP contribution in [0.3, 0.4) is 0 Å². The average Bonchev–Trinajstić information content (AvgIpc) is 2.48. The van der Waals surface area contributed by atoms with Crippen molar-refractivity contribution in [1.29, 1.82) is 0 Å². The third-order valence-corrected chi connectivity index (χ3v) is 2.04. The molecule has 0 aliphatic carbocycles. The van der Waals surface area contributed by atoms with Gasteiger partial charge in [-0.05, 0) is 15.9 Å². The van der Waals surface area contributed by atoms with Crippen molar-refractivity contribution in [3.63, 3.8) is 0 Å². The average molecular weight is 229 g/mol. The van der Waals surface area contributed by atoms with E-state index < -0.39 is 0 Å². The Morgan fingerprint density at radius 3 is 3.08 bits per heavy atom. The molecular formula is C6H5BrN4O. The fourth-order valence-electron chi connectivity index (χ4n) is 0.950. The highest BCUT2D eigenvalue weighted by atomic mass is 79.9. The van der Waals surface area contributed by atoms with E-state index in [1.54, 1.807) is 7.11 Å². The van der Waals surface area contributed by atoms with Gasteiger partial charge in [-0.2, -0.15) is 5.10 Å². The minimum atomic E-state index is 0.514. The molecule has 2 aromatic heterocycles. The van der Waals surface area contributed by atoms with Gasteiger partial charge in [-0.25, -0.2) is 9.97 Å². The van der Waals surface area contributed by atoms with Gasteiger partial charge in [-0.15, -0.1) is 0 Å². The van der Waals surface area contributed by atoms with E-state index in [4.69, 9.17) is 4.74 Å². The second kappa shape index (κ2) is 2.71. The van der Waals surface area contributed by atoms with Gasteiger partial charge in [0.05, 0.1) is 7.11 Å². The number of hydrogen-bond donors (Lipinski definition) is 1. The minimum Gasteiger partial charge on any atom is -0.480 e. The highest BCUT2D eigenvalue weighted by molar-refractivity contribution is 9.10. The van der Waals surface area contributed by atoms with E-state index in [1.165, 1.54) is 6.33 Å². The third-order valence-electron chi connectivity index (χ3n) is 1.47. The van der Waals surface area contributed by atoms with Crippen LogP contribution in [0.1, 0.15) is 0 Å². The summed E-state index contributed by atoms with van der Waals surface area (Å²) < 4.78 is 5.76. The van der Waals surface area contributed by atoms with Gasteiger partial charge in [0.1, 0.15) is 16.3 Å². The Morgan fingerprint density at radius 1 is 1.50 bits per heavy atom. The number of nitrogens with zero attached hydrogens (tertiary/aromatic N) is 3. The maximum atomic E-state index is 5.03. The molecule has 0 amide bonds. The summed E-state index contributed by atoms with van der Waals surface area (Å²) in [5, 5.41) is 7.42. The van der Waals surface area contributed by atoms with E-state index in [9.17, 15) is 0 Å². The van der Waals surface area contributed by atoms with Gasteiger partial charge in [-0.1, -0.05) is 0 Å². The van der Waals surface area contributed by atoms with Crippen molar-refractivity contribution in [2.24, 2.45) is 0 Å². The number of H-pyrrole nitrogens is 1. The number of aromatic nitrogens is 4. The first-order valence-corrected chi connectivity index (χ1v) is 4.01. The fourth-order valence-corrected chi connectivity index (χ4v) is 1.39. The van der Waals surface area contributed by atoms with Crippen LogP contribution in [-0.2, 0) is 0 Å². The summed E-state index contributed by atoms with van der Waals surface area (Å²) in [4.78, 5) is 7.88. The van der Waals surface area contributed by atoms with E-state index in [-0.39, 0.29) is 0 Å². The molecule has 0 unspecified atom stereocenters. The molecular weight excluding hydrogens is 224 g/mol. The SMILES string of the molecule is COc1ncnc2n[nH]c(Br)c12. The van der Waals surface area contributed by atoms with Crippen molar-refractivity contribution in [2.45, 2.75) is 0 Å². The zero-order valence-electron chi connectivity index (χ0n) is 6.21. The molecule has 2 heterocycles. The first-order valence-electron chi connectivity index (χ1n) is 3.21. The van der Waals surface area contributed by atoms with Gasteiger partial charge in [-0.3, -0.25) is 5.10 Å². The van der Waals surface area contributed by atoms with Crippen LogP contribution in [0, 0.1) is 0 Å². The van der Waals surface area contributed by atoms with Gasteiger partial charge in [0, 0.05) is 0 Å². The second-order valence-electron chi connectivity index (χ2n) is 2.12. The van der Waals surface area contributed by atoms with E-state index in [1.807, 2.05) is 0 Å². The zero-order valence-corrected chi connectivity index (χ0v) is 7.79. The topological polar surface area (TPSA) is 63.7 Å². The summed E-state index contributed by atoms with van der Waals surface area (Å²) >= 11 is 3.28. The molecule has 0 radical (unpaired) electrons. The summed E-state index contributed by atoms with van der Waals surface area (Å²) in [6.45, 7) is 0. The maximum absolute atomic E-state index is 5.03. The molecule has 6 heteroatoms. The van der Waals surface area contributed by atoms with Crippen molar-refractivity contribution in [3.8, 4) is 5.88 Å². The van der Waals surface area contributed by atoms with Crippen LogP contribution in [-0.4, -0.2) is 27.3 Å². The molecule has 0 saturated carbocycles. The summed E-state index contributed by atoms with van der Waals surface area (Å²) in [6.07, 6.45) is 1.41. The van der Waals surface area contributed by atoms with Crippen LogP contribution in [0.4, 0.5) is 0 Å². The molecule has 5 nitrogen and oxygen atoms in total. The van der Waals surface area contributed by atoms with Crippen molar-refractivity contribution in [2.75, 3.05) is 7.11 Å². The number of methoxy groups -OCH3 is 1. The molecule has 2 aromatic rings. The quantitative estimate of drug-likeness (QED) is 0.795. The van der Waals surface area contributed by atoms with E-state index >= 15 is 0 Å². The van der Waals surface area contributed by atoms with Crippen LogP contribution < -0.4 is 4.74 Å². The Hall–Kier alpha value is -1.17. The molecule has 0 bridgehead atoms. The molecule has 2 rings (SSSR count). The van der Waals surface area contributed by atoms with Crippen LogP contribution >= 0.6 is 15.9 Å². The number of nitrogens with one attached hydrogen (secondary N) is 1. The van der Waals surface area contributed by atoms with Crippen molar-refractivity contribution < 1.29 is 4.74 Å². The predicted molar refractivity (Wildman–Crippen MR) is 45.9 cm³/mol. The normalized spacial score (nSPS) is 10.5. The fraction of sp³-hybridized carbons (Fsp3) is 0.167. The number of aromatic amines is 1. The number of ether oxygens (including phenoxy) is 1. The number of fused-ring (bicyclic) bond motifs is 1. The van der Waals surface area contributed by atoms with Crippen LogP contribution in [0.5, 0.6) is 5.88 Å². The summed E-state index contributed by atoms with van der Waals surface area (Å²) in [5.41, 5.74) is 0.591. The molecule has 0 aliphatic heterocycles. The second-order valence-corrected chi connectivity index (χ2v) is 2.91. The Balaban J connectivity index is 2.84. The Kier molecular flexibility index (Phi) is 1.69. The van der Waals surface area contributed by atoms with Crippen molar-refractivity contribution in [3.05, 3.63) is 10.9 Å². The summed E-state index contributed by atoms with van der Waals surface area (Å²) in [5.74, 6) is 0.514. The first-order chi connectivity index (χ1) is 5.83. The molecule has 0 saturated heterocycles. The van der Waals surface area contributed by atoms with Gasteiger partial charge in [0.25, 0.3) is 0 Å². The van der Waals surface area contributed by atoms with E-state index in [2.05, 4.69) is 36.1 Å². The smallest absolute Gasteiger partial charge is 0.228 e. The molecule has 12 heavy (non-hydrogen) atoms. The first kappa shape index (κ1) is 7.48. The predicted octanol–water partition coefficient (Wildman–Crippen LogP) is 1.12. The largest absolute Gasteiger partial charge is 0.480 e. The van der Waals surface area contributed by atoms with Crippen LogP contribution in [0.15, 0.2) is 10.9 Å². The van der Waals surface area contributed by atoms with Gasteiger partial charge in [0.2, 0.25) is 5.88 Å². The lowest BCUT2D eigenvalue weighted by Crippen LogP contribution is -1.89. The van der Waals surface area contributed by atoms with Gasteiger partial charge in [0.15, 0.2) is 5.65 Å². The van der Waals surface area contributed by atoms with Crippen molar-refractivity contribution >= 4 is 27.0 Å². The van der Waals surface area contributed by atoms with E-state index in [0.717, 1.165) is 9.99 Å². The van der Waals surface area contributed by atoms with Crippen molar-refractivity contribution in [1.82, 2.24) is 20.2 Å². The lowest BCUT2D eigenvalue weighted by atomic mass is 10.4. The molecule has 0 aromatic carbocycles. The summed E-state index contributed by atoms with van der Waals surface area (Å²) in [6, 6.07) is 0. The Bertz CT molecular complexity index is 413. The lowest BCUT2D eigenvalue weighted by Gasteiger charge is -1.97. The molecule has 62 valence electrons. The molecule has 0 aliphatic rings. The number of halogens is 1. The van der Waals surface area contributed by atoms with E-state index in [0.29, 0.717) is 11.5 Å². The number of rotatable bonds is 1. The molecule has 0 atom stereocenters.